The van der Waals surface area contributed by atoms with Gasteiger partial charge in [-0.1, -0.05) is 442 Å². The van der Waals surface area contributed by atoms with Crippen molar-refractivity contribution in [2.24, 2.45) is 0 Å². The molecule has 7 heteroatoms. The lowest BCUT2D eigenvalue weighted by Gasteiger charge is -2.26. The van der Waals surface area contributed by atoms with Gasteiger partial charge in [-0.05, 0) is 217 Å². The van der Waals surface area contributed by atoms with Gasteiger partial charge in [0.05, 0.1) is 57.4 Å². The lowest BCUT2D eigenvalue weighted by Crippen LogP contribution is -2.17. The molecule has 7 nitrogen and oxygen atoms in total. The molecule has 21 aromatic carbocycles. The maximum atomic E-state index is 5.44. The number of nitrogens with zero attached hydrogens (tertiary/aromatic N) is 7. The molecule has 0 radical (unpaired) electrons. The molecule has 0 saturated carbocycles. The van der Waals surface area contributed by atoms with Gasteiger partial charge in [0.2, 0.25) is 0 Å². The van der Waals surface area contributed by atoms with E-state index < -0.39 is 0 Å². The average Bonchev–Trinajstić information content (AvgIpc) is 1.57. The summed E-state index contributed by atoms with van der Waals surface area (Å²) in [5.41, 5.74) is 37.1. The summed E-state index contributed by atoms with van der Waals surface area (Å²) in [5.74, 6) is 0.736. The largest absolute Gasteiger partial charge is 0.252 e. The third kappa shape index (κ3) is 13.3. The maximum Gasteiger partial charge on any atom is 0.159 e. The fourth-order valence-corrected chi connectivity index (χ4v) is 24.5. The SMILES string of the molecule is CC1(C)c2ccccc2-c2nc3ccc4ccccc4c3c(-c3ccc(-c4ccc(-c5ccccc5)c5ccccc45)c4ccccc34)c21.CC1(C)c2ccccc2-c2nc3ccc4ccccc4c3c(-c3ccc(-c4ccc(-c5ncccn5)c5ccccc45)c4ccccc34)c21.CC1(C)c2ccccc2-c2nc3ccc4ccccc4c3c(-c3ccc(-c4cnc(-c5ccccc5)cn4)c4ccccc34)c21. The first-order valence-corrected chi connectivity index (χ1v) is 49.5. The summed E-state index contributed by atoms with van der Waals surface area (Å²) in [7, 11) is 0. The number of aromatic nitrogens is 7. The highest BCUT2D eigenvalue weighted by Gasteiger charge is 2.44. The molecule has 0 spiro atoms. The van der Waals surface area contributed by atoms with E-state index in [0.29, 0.717) is 0 Å². The number of hydrogen-bond donors (Lipinski definition) is 0. The first-order valence-electron chi connectivity index (χ1n) is 49.5. The molecule has 5 heterocycles. The molecule has 0 aliphatic heterocycles. The second-order valence-electron chi connectivity index (χ2n) is 39.8. The van der Waals surface area contributed by atoms with E-state index in [9.17, 15) is 0 Å². The fraction of sp³-hybridized carbons (Fsp3) is 0.0662. The predicted molar refractivity (Wildman–Crippen MR) is 598 cm³/mol. The Morgan fingerprint density at radius 3 is 0.790 bits per heavy atom. The minimum Gasteiger partial charge on any atom is -0.252 e. The number of fused-ring (bicyclic) bond motifs is 23. The van der Waals surface area contributed by atoms with Crippen LogP contribution in [0.5, 0.6) is 0 Å². The van der Waals surface area contributed by atoms with Crippen LogP contribution in [0.2, 0.25) is 0 Å². The van der Waals surface area contributed by atoms with E-state index in [1.807, 2.05) is 36.7 Å². The van der Waals surface area contributed by atoms with Gasteiger partial charge in [-0.2, -0.15) is 0 Å². The Balaban J connectivity index is 0.000000107. The van der Waals surface area contributed by atoms with E-state index in [1.165, 1.54) is 208 Å². The highest BCUT2D eigenvalue weighted by Crippen LogP contribution is 2.60. The third-order valence-corrected chi connectivity index (χ3v) is 31.0. The fourth-order valence-electron chi connectivity index (χ4n) is 24.5. The van der Waals surface area contributed by atoms with Crippen molar-refractivity contribution in [1.82, 2.24) is 34.9 Å². The number of benzene rings is 21. The Hall–Kier alpha value is -17.9. The Morgan fingerprint density at radius 2 is 0.434 bits per heavy atom. The van der Waals surface area contributed by atoms with E-state index in [1.54, 1.807) is 12.4 Å². The average molecular weight is 1830 g/mol. The summed E-state index contributed by atoms with van der Waals surface area (Å²) in [4.78, 5) is 35.1. The number of rotatable bonds is 9. The van der Waals surface area contributed by atoms with Gasteiger partial charge in [0, 0.05) is 78.2 Å². The molecule has 3 aliphatic rings. The first-order chi connectivity index (χ1) is 70.3. The van der Waals surface area contributed by atoms with Crippen LogP contribution in [0.4, 0.5) is 0 Å². The first kappa shape index (κ1) is 84.4. The Kier molecular flexibility index (Phi) is 19.6. The van der Waals surface area contributed by atoms with Crippen LogP contribution in [0.25, 0.3) is 253 Å². The van der Waals surface area contributed by atoms with Crippen molar-refractivity contribution in [2.45, 2.75) is 57.8 Å². The van der Waals surface area contributed by atoms with Gasteiger partial charge in [0.1, 0.15) is 0 Å². The molecule has 5 aromatic heterocycles. The molecule has 0 saturated heterocycles. The Labute approximate surface area is 829 Å². The second kappa shape index (κ2) is 33.2. The highest BCUT2D eigenvalue weighted by molar-refractivity contribution is 6.25. The molecular formula is C136H93N7. The van der Waals surface area contributed by atoms with Crippen molar-refractivity contribution in [3.8, 4) is 134 Å². The Bertz CT molecular complexity index is 9420. The van der Waals surface area contributed by atoms with Crippen molar-refractivity contribution in [1.29, 1.82) is 0 Å². The maximum absolute atomic E-state index is 5.44. The molecule has 0 bridgehead atoms. The third-order valence-electron chi connectivity index (χ3n) is 31.0. The van der Waals surface area contributed by atoms with E-state index in [0.717, 1.165) is 78.3 Å². The normalized spacial score (nSPS) is 13.3. The van der Waals surface area contributed by atoms with Crippen LogP contribution in [-0.4, -0.2) is 34.9 Å². The van der Waals surface area contributed by atoms with Crippen LogP contribution in [-0.2, 0) is 16.2 Å². The van der Waals surface area contributed by atoms with E-state index in [2.05, 4.69) is 458 Å². The zero-order valence-electron chi connectivity index (χ0n) is 79.9. The van der Waals surface area contributed by atoms with Crippen LogP contribution in [0.3, 0.4) is 0 Å². The quantitative estimate of drug-likeness (QED) is 0.133. The van der Waals surface area contributed by atoms with E-state index >= 15 is 0 Å². The summed E-state index contributed by atoms with van der Waals surface area (Å²) in [5, 5.41) is 23.2. The molecule has 29 rings (SSSR count). The highest BCUT2D eigenvalue weighted by atomic mass is 14.9. The van der Waals surface area contributed by atoms with Crippen molar-refractivity contribution in [2.75, 3.05) is 0 Å². The standard InChI is InChI=1S/C48H33N.C46H31N3.C42H29N3/c1-48(2)42-23-13-12-22-41(42)47-46(48)45(44-33-17-7-6-16-31(33)24-29-43(44)49-47)40-28-27-39(36-20-10-11-21-37(36)40)38-26-25-32(30-14-4-3-5-15-30)34-18-8-9-19-35(34)38;1-46(2)39-19-10-9-18-38(39)44-43(46)42(41-29-13-4-3-12-28(29)20-25-40(41)49-44)36-23-21-34(30-14-5-7-16-32(30)36)35-22-24-37(45-47-26-11-27-48-45)33-17-8-6-15-31(33)35;1-42(2)34-19-11-10-18-33(34)41-40(42)39(38-28-15-7-6-12-26(28)20-23-35(38)45-41)32-22-21-31(29-16-8-9-17-30(29)32)37-25-43-36(24-44-37)27-13-4-3-5-14-27/h3-29H,1-2H3;3-27H,1-2H3;3-25H,1-2H3. The molecule has 26 aromatic rings. The van der Waals surface area contributed by atoms with Crippen molar-refractivity contribution < 1.29 is 0 Å². The smallest absolute Gasteiger partial charge is 0.159 e. The Morgan fingerprint density at radius 1 is 0.175 bits per heavy atom. The summed E-state index contributed by atoms with van der Waals surface area (Å²) in [6.45, 7) is 14.2. The summed E-state index contributed by atoms with van der Waals surface area (Å²) < 4.78 is 0. The molecule has 0 fully saturated rings. The predicted octanol–water partition coefficient (Wildman–Crippen LogP) is 35.4. The van der Waals surface area contributed by atoms with Crippen LogP contribution in [0.15, 0.2) is 455 Å². The number of pyridine rings is 3. The van der Waals surface area contributed by atoms with Crippen LogP contribution >= 0.6 is 0 Å². The van der Waals surface area contributed by atoms with Gasteiger partial charge in [-0.25, -0.2) is 24.9 Å². The van der Waals surface area contributed by atoms with Crippen molar-refractivity contribution >= 4 is 119 Å². The van der Waals surface area contributed by atoms with Gasteiger partial charge >= 0.3 is 0 Å². The van der Waals surface area contributed by atoms with Gasteiger partial charge in [-0.3, -0.25) is 9.97 Å². The van der Waals surface area contributed by atoms with Crippen LogP contribution in [0, 0.1) is 0 Å². The monoisotopic (exact) mass is 1820 g/mol. The van der Waals surface area contributed by atoms with Gasteiger partial charge in [-0.15, -0.1) is 0 Å². The summed E-state index contributed by atoms with van der Waals surface area (Å²) in [6.07, 6.45) is 7.39. The molecule has 672 valence electrons. The molecule has 0 N–H and O–H groups in total. The zero-order chi connectivity index (χ0) is 95.5. The van der Waals surface area contributed by atoms with Crippen molar-refractivity contribution in [3.63, 3.8) is 0 Å². The van der Waals surface area contributed by atoms with E-state index in [-0.39, 0.29) is 16.2 Å². The van der Waals surface area contributed by atoms with Gasteiger partial charge < -0.3 is 0 Å². The molecular weight excluding hydrogens is 1730 g/mol. The van der Waals surface area contributed by atoms with Gasteiger partial charge in [0.15, 0.2) is 5.82 Å². The van der Waals surface area contributed by atoms with Gasteiger partial charge in [0.25, 0.3) is 0 Å². The summed E-state index contributed by atoms with van der Waals surface area (Å²) in [6, 6.07) is 156. The molecule has 0 amide bonds. The molecule has 0 unspecified atom stereocenters. The summed E-state index contributed by atoms with van der Waals surface area (Å²) >= 11 is 0. The topological polar surface area (TPSA) is 90.2 Å². The minimum absolute atomic E-state index is 0.220. The van der Waals surface area contributed by atoms with E-state index in [4.69, 9.17) is 24.9 Å². The second-order valence-corrected chi connectivity index (χ2v) is 39.8. The van der Waals surface area contributed by atoms with Crippen molar-refractivity contribution in [3.05, 3.63) is 489 Å². The minimum atomic E-state index is -0.231. The lowest BCUT2D eigenvalue weighted by atomic mass is 9.77. The zero-order valence-corrected chi connectivity index (χ0v) is 79.9. The lowest BCUT2D eigenvalue weighted by molar-refractivity contribution is 0.661. The number of hydrogen-bond acceptors (Lipinski definition) is 7. The molecule has 0 atom stereocenters. The van der Waals surface area contributed by atoms with Crippen LogP contribution in [0.1, 0.15) is 74.9 Å². The van der Waals surface area contributed by atoms with Crippen LogP contribution < -0.4 is 0 Å². The molecule has 143 heavy (non-hydrogen) atoms. The molecule has 3 aliphatic carbocycles.